The molecule has 0 radical (unpaired) electrons. The lowest BCUT2D eigenvalue weighted by Gasteiger charge is -2.31. The Morgan fingerprint density at radius 2 is 2.00 bits per heavy atom. The van der Waals surface area contributed by atoms with Gasteiger partial charge in [-0.25, -0.2) is 0 Å². The summed E-state index contributed by atoms with van der Waals surface area (Å²) in [5, 5.41) is 9.77. The highest BCUT2D eigenvalue weighted by Crippen LogP contribution is 2.26. The number of aliphatic hydroxyl groups excluding tert-OH is 1. The van der Waals surface area contributed by atoms with Gasteiger partial charge in [0.25, 0.3) is 0 Å². The van der Waals surface area contributed by atoms with E-state index in [0.717, 1.165) is 6.42 Å². The Hall–Kier alpha value is -0.570. The first kappa shape index (κ1) is 11.5. The lowest BCUT2D eigenvalue weighted by atomic mass is 9.99. The minimum atomic E-state index is -0.465. The number of nitrogens with zero attached hydrogens (tertiary/aromatic N) is 1. The zero-order chi connectivity index (χ0) is 10.9. The molecule has 1 saturated heterocycles. The zero-order valence-corrected chi connectivity index (χ0v) is 9.53. The highest BCUT2D eigenvalue weighted by molar-refractivity contribution is 5.80. The maximum absolute atomic E-state index is 11.6. The number of aliphatic hydroxyl groups is 1. The van der Waals surface area contributed by atoms with Gasteiger partial charge in [0.1, 0.15) is 0 Å². The van der Waals surface area contributed by atoms with Crippen LogP contribution in [0.15, 0.2) is 0 Å². The predicted molar refractivity (Wildman–Crippen MR) is 55.8 cm³/mol. The highest BCUT2D eigenvalue weighted by Gasteiger charge is 2.39. The molecule has 3 nitrogen and oxygen atoms in total. The number of hydrogen-bond donors (Lipinski definition) is 1. The van der Waals surface area contributed by atoms with E-state index >= 15 is 0 Å². The van der Waals surface area contributed by atoms with Crippen molar-refractivity contribution in [3.05, 3.63) is 0 Å². The van der Waals surface area contributed by atoms with Gasteiger partial charge in [-0.05, 0) is 26.2 Å². The summed E-state index contributed by atoms with van der Waals surface area (Å²) in [7, 11) is 0. The van der Waals surface area contributed by atoms with Crippen LogP contribution in [-0.2, 0) is 4.79 Å². The number of amides is 1. The van der Waals surface area contributed by atoms with Gasteiger partial charge in [0.15, 0.2) is 0 Å². The largest absolute Gasteiger partial charge is 0.390 e. The van der Waals surface area contributed by atoms with E-state index in [2.05, 4.69) is 13.8 Å². The molecule has 3 heteroatoms. The molecule has 0 spiro atoms. The summed E-state index contributed by atoms with van der Waals surface area (Å²) < 4.78 is 0. The van der Waals surface area contributed by atoms with Gasteiger partial charge in [0.2, 0.25) is 5.91 Å². The summed E-state index contributed by atoms with van der Waals surface area (Å²) in [6.07, 6.45) is 0.730. The molecule has 1 aliphatic rings. The number of rotatable bonds is 3. The van der Waals surface area contributed by atoms with Gasteiger partial charge in [-0.2, -0.15) is 0 Å². The van der Waals surface area contributed by atoms with Crippen molar-refractivity contribution in [1.82, 2.24) is 4.90 Å². The Balaban J connectivity index is 2.73. The summed E-state index contributed by atoms with van der Waals surface area (Å²) in [5.74, 6) is 0.611. The summed E-state index contributed by atoms with van der Waals surface area (Å²) >= 11 is 0. The second-order valence-electron chi connectivity index (χ2n) is 4.86. The van der Waals surface area contributed by atoms with Gasteiger partial charge in [-0.15, -0.1) is 0 Å². The van der Waals surface area contributed by atoms with E-state index in [9.17, 15) is 9.90 Å². The molecule has 0 aliphatic carbocycles. The molecule has 0 aromatic carbocycles. The SMILES string of the molecule is CC(C)C[C@H]1[C@H](O)CC(=O)N1C(C)C. The maximum Gasteiger partial charge on any atom is 0.225 e. The zero-order valence-electron chi connectivity index (χ0n) is 9.53. The smallest absolute Gasteiger partial charge is 0.225 e. The van der Waals surface area contributed by atoms with Crippen LogP contribution < -0.4 is 0 Å². The number of hydrogen-bond acceptors (Lipinski definition) is 2. The fourth-order valence-electron chi connectivity index (χ4n) is 2.22. The molecule has 0 aromatic rings. The molecule has 14 heavy (non-hydrogen) atoms. The van der Waals surface area contributed by atoms with E-state index in [1.807, 2.05) is 18.7 Å². The second kappa shape index (κ2) is 4.30. The van der Waals surface area contributed by atoms with E-state index in [1.54, 1.807) is 0 Å². The molecule has 1 heterocycles. The van der Waals surface area contributed by atoms with Crippen molar-refractivity contribution in [2.45, 2.75) is 58.7 Å². The van der Waals surface area contributed by atoms with Crippen LogP contribution >= 0.6 is 0 Å². The first-order valence-electron chi connectivity index (χ1n) is 5.42. The molecule has 1 amide bonds. The average molecular weight is 199 g/mol. The molecule has 1 rings (SSSR count). The monoisotopic (exact) mass is 199 g/mol. The van der Waals surface area contributed by atoms with Crippen LogP contribution in [0.25, 0.3) is 0 Å². The third-order valence-electron chi connectivity index (χ3n) is 2.74. The van der Waals surface area contributed by atoms with Crippen LogP contribution in [0.4, 0.5) is 0 Å². The summed E-state index contributed by atoms with van der Waals surface area (Å²) in [4.78, 5) is 13.4. The highest BCUT2D eigenvalue weighted by atomic mass is 16.3. The van der Waals surface area contributed by atoms with Gasteiger partial charge >= 0.3 is 0 Å². The maximum atomic E-state index is 11.6. The van der Waals surface area contributed by atoms with E-state index in [-0.39, 0.29) is 18.0 Å². The molecule has 0 unspecified atom stereocenters. The van der Waals surface area contributed by atoms with Gasteiger partial charge < -0.3 is 10.0 Å². The minimum absolute atomic E-state index is 0.0301. The quantitative estimate of drug-likeness (QED) is 0.746. The molecular formula is C11H21NO2. The van der Waals surface area contributed by atoms with Gasteiger partial charge in [-0.1, -0.05) is 13.8 Å². The lowest BCUT2D eigenvalue weighted by Crippen LogP contribution is -2.42. The van der Waals surface area contributed by atoms with Gasteiger partial charge in [-0.3, -0.25) is 4.79 Å². The molecule has 1 fully saturated rings. The van der Waals surface area contributed by atoms with Gasteiger partial charge in [0.05, 0.1) is 18.6 Å². The minimum Gasteiger partial charge on any atom is -0.390 e. The Labute approximate surface area is 86.1 Å². The van der Waals surface area contributed by atoms with Crippen molar-refractivity contribution < 1.29 is 9.90 Å². The number of likely N-dealkylation sites (tertiary alicyclic amines) is 1. The fourth-order valence-corrected chi connectivity index (χ4v) is 2.22. The molecule has 1 aliphatic heterocycles. The molecule has 0 bridgehead atoms. The molecule has 82 valence electrons. The molecular weight excluding hydrogens is 178 g/mol. The van der Waals surface area contributed by atoms with Crippen molar-refractivity contribution in [2.24, 2.45) is 5.92 Å². The van der Waals surface area contributed by atoms with Crippen LogP contribution in [0.1, 0.15) is 40.5 Å². The first-order chi connectivity index (χ1) is 6.43. The fraction of sp³-hybridized carbons (Fsp3) is 0.909. The Kier molecular flexibility index (Phi) is 3.53. The summed E-state index contributed by atoms with van der Waals surface area (Å²) in [6.45, 7) is 8.24. The third-order valence-corrected chi connectivity index (χ3v) is 2.74. The van der Waals surface area contributed by atoms with Crippen LogP contribution in [0.5, 0.6) is 0 Å². The summed E-state index contributed by atoms with van der Waals surface area (Å²) in [5.41, 5.74) is 0. The Bertz CT molecular complexity index is 213. The molecule has 0 aromatic heterocycles. The van der Waals surface area contributed by atoms with Gasteiger partial charge in [0, 0.05) is 6.04 Å². The third kappa shape index (κ3) is 2.27. The van der Waals surface area contributed by atoms with E-state index in [4.69, 9.17) is 0 Å². The van der Waals surface area contributed by atoms with E-state index in [0.29, 0.717) is 12.3 Å². The first-order valence-corrected chi connectivity index (χ1v) is 5.42. The molecule has 1 N–H and O–H groups in total. The van der Waals surface area contributed by atoms with Crippen molar-refractivity contribution in [3.8, 4) is 0 Å². The van der Waals surface area contributed by atoms with Crippen LogP contribution in [0.3, 0.4) is 0 Å². The standard InChI is InChI=1S/C11H21NO2/c1-7(2)5-9-10(13)6-11(14)12(9)8(3)4/h7-10,13H,5-6H2,1-4H3/t9-,10+/m0/s1. The van der Waals surface area contributed by atoms with E-state index in [1.165, 1.54) is 0 Å². The normalized spacial score (nSPS) is 28.2. The Morgan fingerprint density at radius 3 is 2.43 bits per heavy atom. The van der Waals surface area contributed by atoms with Crippen LogP contribution in [0.2, 0.25) is 0 Å². The van der Waals surface area contributed by atoms with Crippen LogP contribution in [0, 0.1) is 5.92 Å². The second-order valence-corrected chi connectivity index (χ2v) is 4.86. The van der Waals surface area contributed by atoms with Crippen molar-refractivity contribution in [1.29, 1.82) is 0 Å². The number of carbonyl (C=O) groups excluding carboxylic acids is 1. The van der Waals surface area contributed by atoms with E-state index < -0.39 is 6.10 Å². The number of carbonyl (C=O) groups is 1. The topological polar surface area (TPSA) is 40.5 Å². The average Bonchev–Trinajstić information content (AvgIpc) is 2.25. The predicted octanol–water partition coefficient (Wildman–Crippen LogP) is 1.40. The van der Waals surface area contributed by atoms with Crippen molar-refractivity contribution in [3.63, 3.8) is 0 Å². The summed E-state index contributed by atoms with van der Waals surface area (Å²) in [6, 6.07) is 0.228. The van der Waals surface area contributed by atoms with Crippen molar-refractivity contribution >= 4 is 5.91 Å². The molecule has 0 saturated carbocycles. The van der Waals surface area contributed by atoms with Crippen LogP contribution in [-0.4, -0.2) is 34.1 Å². The lowest BCUT2D eigenvalue weighted by molar-refractivity contribution is -0.130. The Morgan fingerprint density at radius 1 is 1.43 bits per heavy atom. The molecule has 2 atom stereocenters. The van der Waals surface area contributed by atoms with Crippen molar-refractivity contribution in [2.75, 3.05) is 0 Å².